The third-order valence-corrected chi connectivity index (χ3v) is 10.9. The fourth-order valence-electron chi connectivity index (χ4n) is 7.92. The summed E-state index contributed by atoms with van der Waals surface area (Å²) < 4.78 is 17.4. The molecule has 8 nitrogen and oxygen atoms in total. The lowest BCUT2D eigenvalue weighted by Gasteiger charge is -2.36. The van der Waals surface area contributed by atoms with Crippen molar-refractivity contribution in [1.82, 2.24) is 23.9 Å². The molecule has 262 valence electrons. The summed E-state index contributed by atoms with van der Waals surface area (Å²) in [5.74, 6) is -0.154. The molecule has 0 amide bonds. The van der Waals surface area contributed by atoms with Gasteiger partial charge in [-0.2, -0.15) is 5.26 Å². The highest BCUT2D eigenvalue weighted by Crippen LogP contribution is 2.34. The van der Waals surface area contributed by atoms with E-state index in [0.717, 1.165) is 81.3 Å². The van der Waals surface area contributed by atoms with E-state index in [1.54, 1.807) is 0 Å². The number of aromatic nitrogens is 3. The first-order valence-corrected chi connectivity index (χ1v) is 18.3. The first-order chi connectivity index (χ1) is 24.8. The Hall–Kier alpha value is -4.91. The molecule has 0 spiro atoms. The van der Waals surface area contributed by atoms with Crippen molar-refractivity contribution in [2.45, 2.75) is 71.0 Å². The molecular formula is C42H45FN6O2. The predicted molar refractivity (Wildman–Crippen MR) is 199 cm³/mol. The van der Waals surface area contributed by atoms with Crippen molar-refractivity contribution < 1.29 is 4.39 Å². The van der Waals surface area contributed by atoms with Gasteiger partial charge in [0.05, 0.1) is 28.9 Å². The second-order valence-electron chi connectivity index (χ2n) is 14.5. The lowest BCUT2D eigenvalue weighted by atomic mass is 9.82. The molecular weight excluding hydrogens is 640 g/mol. The Kier molecular flexibility index (Phi) is 10.3. The molecule has 0 unspecified atom stereocenters. The number of pyridine rings is 1. The number of benzene rings is 3. The highest BCUT2D eigenvalue weighted by molar-refractivity contribution is 5.76. The fourth-order valence-corrected chi connectivity index (χ4v) is 7.92. The van der Waals surface area contributed by atoms with Crippen LogP contribution >= 0.6 is 0 Å². The van der Waals surface area contributed by atoms with E-state index in [1.165, 1.54) is 20.8 Å². The van der Waals surface area contributed by atoms with Gasteiger partial charge in [-0.25, -0.2) is 18.7 Å². The molecule has 2 fully saturated rings. The van der Waals surface area contributed by atoms with Gasteiger partial charge in [-0.3, -0.25) is 19.2 Å². The van der Waals surface area contributed by atoms with Crippen LogP contribution in [0, 0.1) is 23.1 Å². The monoisotopic (exact) mass is 684 g/mol. The van der Waals surface area contributed by atoms with Gasteiger partial charge in [0, 0.05) is 44.8 Å². The van der Waals surface area contributed by atoms with Crippen LogP contribution in [0.3, 0.4) is 0 Å². The van der Waals surface area contributed by atoms with E-state index >= 15 is 0 Å². The Labute approximate surface area is 298 Å². The van der Waals surface area contributed by atoms with Crippen LogP contribution in [0.4, 0.5) is 4.39 Å². The molecule has 2 aliphatic rings. The number of hydrogen-bond acceptors (Lipinski definition) is 6. The maximum atomic E-state index is 14.5. The van der Waals surface area contributed by atoms with Crippen molar-refractivity contribution >= 4 is 11.0 Å². The maximum absolute atomic E-state index is 14.5. The van der Waals surface area contributed by atoms with Crippen LogP contribution in [-0.2, 0) is 13.0 Å². The number of halogens is 1. The molecule has 1 aliphatic carbocycles. The number of piperazine rings is 1. The van der Waals surface area contributed by atoms with Gasteiger partial charge in [0.2, 0.25) is 0 Å². The number of nitriles is 1. The molecule has 7 rings (SSSR count). The molecule has 9 heteroatoms. The number of rotatable bonds is 9. The first-order valence-electron chi connectivity index (χ1n) is 18.3. The van der Waals surface area contributed by atoms with Crippen LogP contribution in [0.2, 0.25) is 0 Å². The summed E-state index contributed by atoms with van der Waals surface area (Å²) in [6.45, 7) is 9.72. The Morgan fingerprint density at radius 2 is 1.61 bits per heavy atom. The molecule has 3 heterocycles. The van der Waals surface area contributed by atoms with Crippen molar-refractivity contribution in [3.8, 4) is 22.9 Å². The first kappa shape index (κ1) is 34.5. The lowest BCUT2D eigenvalue weighted by Crippen LogP contribution is -2.48. The van der Waals surface area contributed by atoms with Gasteiger partial charge in [-0.05, 0) is 111 Å². The second-order valence-corrected chi connectivity index (χ2v) is 14.5. The largest absolute Gasteiger partial charge is 0.337 e. The van der Waals surface area contributed by atoms with Crippen molar-refractivity contribution in [3.05, 3.63) is 128 Å². The van der Waals surface area contributed by atoms with Crippen LogP contribution < -0.4 is 11.2 Å². The van der Waals surface area contributed by atoms with Gasteiger partial charge >= 0.3 is 5.69 Å². The molecule has 3 aromatic carbocycles. The van der Waals surface area contributed by atoms with Gasteiger partial charge in [0.1, 0.15) is 5.82 Å². The van der Waals surface area contributed by atoms with Crippen LogP contribution in [0.15, 0.2) is 94.6 Å². The summed E-state index contributed by atoms with van der Waals surface area (Å²) >= 11 is 0. The molecule has 0 N–H and O–H groups in total. The van der Waals surface area contributed by atoms with Crippen LogP contribution in [-0.4, -0.2) is 56.1 Å². The molecule has 1 saturated carbocycles. The third-order valence-electron chi connectivity index (χ3n) is 10.9. The zero-order valence-electron chi connectivity index (χ0n) is 29.5. The Morgan fingerprint density at radius 3 is 2.33 bits per heavy atom. The van der Waals surface area contributed by atoms with Crippen LogP contribution in [0.5, 0.6) is 0 Å². The average Bonchev–Trinajstić information content (AvgIpc) is 3.15. The molecule has 1 saturated heterocycles. The standard InChI is InChI=1S/C42H45FN6O2/c1-29(2)47-21-19-46(20-22-47)28-32-11-15-34(16-12-32)35-7-4-8-38(24-35)48-40-39(25-36(43)27-45-40)41(50)49(42(48)51)37-17-13-30(14-18-37)9-10-31-5-3-6-33(23-31)26-44/h3-8,11-12,15-16,23-25,27,29-30,37H,9-10,13-14,17-22,28H2,1-2H3. The molecule has 0 atom stereocenters. The second kappa shape index (κ2) is 15.1. The minimum atomic E-state index is -0.615. The zero-order chi connectivity index (χ0) is 35.5. The van der Waals surface area contributed by atoms with E-state index < -0.39 is 17.1 Å². The SMILES string of the molecule is CC(C)N1CCN(Cc2ccc(-c3cccc(-n4c(=O)n(C5CCC(CCc6cccc(C#N)c6)CC5)c(=O)c5cc(F)cnc54)c3)cc2)CC1. The molecule has 51 heavy (non-hydrogen) atoms. The van der Waals surface area contributed by atoms with Gasteiger partial charge in [-0.15, -0.1) is 0 Å². The summed E-state index contributed by atoms with van der Waals surface area (Å²) in [5, 5.41) is 9.34. The topological polar surface area (TPSA) is 87.2 Å². The van der Waals surface area contributed by atoms with E-state index in [2.05, 4.69) is 65.0 Å². The average molecular weight is 685 g/mol. The number of hydrogen-bond donors (Lipinski definition) is 0. The Balaban J connectivity index is 1.12. The van der Waals surface area contributed by atoms with Crippen molar-refractivity contribution in [1.29, 1.82) is 5.26 Å². The Morgan fingerprint density at radius 1 is 0.863 bits per heavy atom. The van der Waals surface area contributed by atoms with Gasteiger partial charge in [0.25, 0.3) is 5.56 Å². The van der Waals surface area contributed by atoms with E-state index in [4.69, 9.17) is 0 Å². The smallest absolute Gasteiger partial charge is 0.298 e. The number of fused-ring (bicyclic) bond motifs is 1. The summed E-state index contributed by atoms with van der Waals surface area (Å²) in [6.07, 6.45) is 6.06. The summed E-state index contributed by atoms with van der Waals surface area (Å²) in [5.41, 5.74) is 4.82. The van der Waals surface area contributed by atoms with Crippen LogP contribution in [0.25, 0.3) is 27.8 Å². The van der Waals surface area contributed by atoms with Crippen molar-refractivity contribution in [3.63, 3.8) is 0 Å². The molecule has 0 radical (unpaired) electrons. The van der Waals surface area contributed by atoms with Crippen molar-refractivity contribution in [2.24, 2.45) is 5.92 Å². The third kappa shape index (κ3) is 7.58. The fraction of sp³-hybridized carbons (Fsp3) is 0.381. The van der Waals surface area contributed by atoms with E-state index in [0.29, 0.717) is 36.1 Å². The van der Waals surface area contributed by atoms with Gasteiger partial charge in [0.15, 0.2) is 5.65 Å². The summed E-state index contributed by atoms with van der Waals surface area (Å²) in [7, 11) is 0. The van der Waals surface area contributed by atoms with E-state index in [-0.39, 0.29) is 17.1 Å². The maximum Gasteiger partial charge on any atom is 0.337 e. The van der Waals surface area contributed by atoms with Gasteiger partial charge < -0.3 is 0 Å². The van der Waals surface area contributed by atoms with Gasteiger partial charge in [-0.1, -0.05) is 48.5 Å². The number of nitrogens with zero attached hydrogens (tertiary/aromatic N) is 6. The minimum Gasteiger partial charge on any atom is -0.298 e. The van der Waals surface area contributed by atoms with Crippen LogP contribution in [0.1, 0.15) is 68.7 Å². The van der Waals surface area contributed by atoms with E-state index in [9.17, 15) is 19.2 Å². The summed E-state index contributed by atoms with van der Waals surface area (Å²) in [6, 6.07) is 27.7. The molecule has 2 aromatic heterocycles. The lowest BCUT2D eigenvalue weighted by molar-refractivity contribution is 0.104. The highest BCUT2D eigenvalue weighted by Gasteiger charge is 2.27. The minimum absolute atomic E-state index is 0.0954. The molecule has 5 aromatic rings. The number of aryl methyl sites for hydroxylation is 1. The van der Waals surface area contributed by atoms with E-state index in [1.807, 2.05) is 42.5 Å². The normalized spacial score (nSPS) is 18.6. The quantitative estimate of drug-likeness (QED) is 0.165. The molecule has 1 aliphatic heterocycles. The predicted octanol–water partition coefficient (Wildman–Crippen LogP) is 7.12. The molecule has 0 bridgehead atoms. The summed E-state index contributed by atoms with van der Waals surface area (Å²) in [4.78, 5) is 37.5. The Bertz CT molecular complexity index is 2170. The highest BCUT2D eigenvalue weighted by atomic mass is 19.1. The zero-order valence-corrected chi connectivity index (χ0v) is 29.5. The van der Waals surface area contributed by atoms with Crippen molar-refractivity contribution in [2.75, 3.05) is 26.2 Å².